The first-order valence-electron chi connectivity index (χ1n) is 21.0. The number of nitrogens with zero attached hydrogens (tertiary/aromatic N) is 1. The topological polar surface area (TPSA) is 42.7 Å². The van der Waals surface area contributed by atoms with Crippen molar-refractivity contribution in [3.63, 3.8) is 0 Å². The molecular formula is C58H35NO3. The summed E-state index contributed by atoms with van der Waals surface area (Å²) < 4.78 is 20.1. The summed E-state index contributed by atoms with van der Waals surface area (Å²) in [4.78, 5) is 2.31. The van der Waals surface area contributed by atoms with Gasteiger partial charge in [-0.25, -0.2) is 0 Å². The van der Waals surface area contributed by atoms with Gasteiger partial charge in [-0.3, -0.25) is 0 Å². The van der Waals surface area contributed by atoms with Crippen molar-refractivity contribution in [2.24, 2.45) is 0 Å². The van der Waals surface area contributed by atoms with Gasteiger partial charge in [0.15, 0.2) is 0 Å². The molecular weight excluding hydrogens is 759 g/mol. The summed E-state index contributed by atoms with van der Waals surface area (Å²) in [7, 11) is 0. The maximum absolute atomic E-state index is 7.07. The number of anilines is 3. The predicted octanol–water partition coefficient (Wildman–Crippen LogP) is 17.0. The van der Waals surface area contributed by atoms with Gasteiger partial charge in [0.25, 0.3) is 0 Å². The highest BCUT2D eigenvalue weighted by Crippen LogP contribution is 2.47. The second kappa shape index (κ2) is 13.6. The lowest BCUT2D eigenvalue weighted by Crippen LogP contribution is -2.09. The minimum Gasteiger partial charge on any atom is -0.455 e. The van der Waals surface area contributed by atoms with E-state index in [4.69, 9.17) is 13.3 Å². The third-order valence-corrected chi connectivity index (χ3v) is 12.5. The van der Waals surface area contributed by atoms with E-state index in [1.54, 1.807) is 0 Å². The van der Waals surface area contributed by atoms with E-state index in [0.29, 0.717) is 0 Å². The molecule has 0 fully saturated rings. The van der Waals surface area contributed by atoms with Crippen LogP contribution in [0.4, 0.5) is 17.1 Å². The van der Waals surface area contributed by atoms with Gasteiger partial charge in [-0.15, -0.1) is 0 Å². The van der Waals surface area contributed by atoms with E-state index in [0.717, 1.165) is 121 Å². The van der Waals surface area contributed by atoms with Gasteiger partial charge in [-0.1, -0.05) is 152 Å². The van der Waals surface area contributed by atoms with Crippen LogP contribution in [0.15, 0.2) is 226 Å². The van der Waals surface area contributed by atoms with Crippen LogP contribution in [-0.2, 0) is 0 Å². The van der Waals surface area contributed by atoms with Crippen LogP contribution in [0.3, 0.4) is 0 Å². The number of para-hydroxylation sites is 4. The molecule has 13 rings (SSSR count). The molecule has 0 N–H and O–H groups in total. The monoisotopic (exact) mass is 793 g/mol. The minimum absolute atomic E-state index is 0.810. The fraction of sp³-hybridized carbons (Fsp3) is 0. The van der Waals surface area contributed by atoms with Crippen molar-refractivity contribution < 1.29 is 13.3 Å². The minimum atomic E-state index is 0.810. The molecule has 0 aliphatic carbocycles. The molecule has 3 aromatic heterocycles. The fourth-order valence-electron chi connectivity index (χ4n) is 9.56. The van der Waals surface area contributed by atoms with E-state index >= 15 is 0 Å². The zero-order valence-corrected chi connectivity index (χ0v) is 33.4. The number of rotatable bonds is 6. The highest BCUT2D eigenvalue weighted by Gasteiger charge is 2.22. The van der Waals surface area contributed by atoms with E-state index in [2.05, 4.69) is 193 Å². The van der Waals surface area contributed by atoms with Crippen LogP contribution in [0, 0.1) is 0 Å². The summed E-state index contributed by atoms with van der Waals surface area (Å²) in [5, 5.41) is 8.82. The van der Waals surface area contributed by atoms with Crippen LogP contribution in [0.1, 0.15) is 0 Å². The molecule has 0 aliphatic rings. The third-order valence-electron chi connectivity index (χ3n) is 12.5. The lowest BCUT2D eigenvalue weighted by atomic mass is 9.94. The summed E-state index contributed by atoms with van der Waals surface area (Å²) in [5.74, 6) is 0. The zero-order valence-electron chi connectivity index (χ0n) is 33.4. The molecule has 0 bridgehead atoms. The lowest BCUT2D eigenvalue weighted by Gasteiger charge is -2.26. The average Bonchev–Trinajstić information content (AvgIpc) is 4.03. The standard InChI is InChI=1S/C58H35NO3/c1-2-12-36(13-3-1)37-24-28-40(29-25-37)59(41-30-26-38(27-31-41)44-18-10-19-48-45-16-6-8-22-52(45)60-56(44)48)42-32-33-47-51-34-39-14-4-5-15-43(39)55(58(51)62-54(47)35-42)50-21-11-20-49-46-17-7-9-23-53(46)61-57(49)50/h1-35H. The second-order valence-electron chi connectivity index (χ2n) is 16.0. The van der Waals surface area contributed by atoms with Gasteiger partial charge in [0.05, 0.1) is 0 Å². The normalized spacial score (nSPS) is 11.9. The third kappa shape index (κ3) is 5.33. The number of furan rings is 3. The van der Waals surface area contributed by atoms with Gasteiger partial charge in [-0.05, 0) is 82.1 Å². The Morgan fingerprint density at radius 3 is 1.47 bits per heavy atom. The molecule has 0 atom stereocenters. The van der Waals surface area contributed by atoms with Crippen molar-refractivity contribution in [2.75, 3.05) is 4.90 Å². The summed E-state index contributed by atoms with van der Waals surface area (Å²) in [6.07, 6.45) is 0. The maximum atomic E-state index is 7.07. The Balaban J connectivity index is 0.983. The Hall–Kier alpha value is -8.34. The molecule has 0 saturated carbocycles. The summed E-state index contributed by atoms with van der Waals surface area (Å²) in [6, 6.07) is 74.8. The van der Waals surface area contributed by atoms with Crippen molar-refractivity contribution in [1.29, 1.82) is 0 Å². The van der Waals surface area contributed by atoms with E-state index < -0.39 is 0 Å². The SMILES string of the molecule is c1ccc(-c2ccc(N(c3ccc(-c4cccc5c4oc4ccccc45)cc3)c3ccc4c(c3)oc3c(-c5cccc6c5oc5ccccc56)c5ccccc5cc34)cc2)cc1. The molecule has 10 aromatic carbocycles. The molecule has 0 saturated heterocycles. The zero-order chi connectivity index (χ0) is 40.7. The number of hydrogen-bond acceptors (Lipinski definition) is 4. The van der Waals surface area contributed by atoms with E-state index in [-0.39, 0.29) is 0 Å². The molecule has 0 unspecified atom stereocenters. The van der Waals surface area contributed by atoms with Gasteiger partial charge in [0.2, 0.25) is 0 Å². The molecule has 0 aliphatic heterocycles. The Morgan fingerprint density at radius 2 is 0.774 bits per heavy atom. The molecule has 4 nitrogen and oxygen atoms in total. The van der Waals surface area contributed by atoms with Gasteiger partial charge in [-0.2, -0.15) is 0 Å². The predicted molar refractivity (Wildman–Crippen MR) is 257 cm³/mol. The van der Waals surface area contributed by atoms with Crippen LogP contribution in [-0.4, -0.2) is 0 Å². The smallest absolute Gasteiger partial charge is 0.144 e. The van der Waals surface area contributed by atoms with E-state index in [9.17, 15) is 0 Å². The van der Waals surface area contributed by atoms with Crippen molar-refractivity contribution in [3.05, 3.63) is 212 Å². The van der Waals surface area contributed by atoms with Gasteiger partial charge < -0.3 is 18.2 Å². The van der Waals surface area contributed by atoms with Crippen molar-refractivity contribution >= 4 is 93.7 Å². The van der Waals surface area contributed by atoms with E-state index in [1.165, 1.54) is 5.56 Å². The largest absolute Gasteiger partial charge is 0.455 e. The highest BCUT2D eigenvalue weighted by atomic mass is 16.3. The average molecular weight is 794 g/mol. The molecule has 4 heteroatoms. The van der Waals surface area contributed by atoms with Crippen molar-refractivity contribution in [3.8, 4) is 33.4 Å². The first-order valence-corrected chi connectivity index (χ1v) is 21.0. The van der Waals surface area contributed by atoms with Crippen LogP contribution >= 0.6 is 0 Å². The van der Waals surface area contributed by atoms with E-state index in [1.807, 2.05) is 24.3 Å². The molecule has 62 heavy (non-hydrogen) atoms. The highest BCUT2D eigenvalue weighted by molar-refractivity contribution is 6.22. The van der Waals surface area contributed by atoms with Gasteiger partial charge >= 0.3 is 0 Å². The first-order chi connectivity index (χ1) is 30.7. The first kappa shape index (κ1) is 34.5. The second-order valence-corrected chi connectivity index (χ2v) is 16.0. The van der Waals surface area contributed by atoms with Gasteiger partial charge in [0, 0.05) is 72.1 Å². The fourth-order valence-corrected chi connectivity index (χ4v) is 9.56. The Bertz CT molecular complexity index is 3850. The van der Waals surface area contributed by atoms with Crippen LogP contribution in [0.2, 0.25) is 0 Å². The number of benzene rings is 10. The molecule has 13 aromatic rings. The Kier molecular flexibility index (Phi) is 7.57. The van der Waals surface area contributed by atoms with Crippen molar-refractivity contribution in [1.82, 2.24) is 0 Å². The lowest BCUT2D eigenvalue weighted by molar-refractivity contribution is 0.665. The van der Waals surface area contributed by atoms with Crippen LogP contribution < -0.4 is 4.90 Å². The van der Waals surface area contributed by atoms with Crippen molar-refractivity contribution in [2.45, 2.75) is 0 Å². The molecule has 0 radical (unpaired) electrons. The molecule has 0 amide bonds. The number of hydrogen-bond donors (Lipinski definition) is 0. The molecule has 290 valence electrons. The van der Waals surface area contributed by atoms with Crippen LogP contribution in [0.25, 0.3) is 110 Å². The molecule has 0 spiro atoms. The summed E-state index contributed by atoms with van der Waals surface area (Å²) in [6.45, 7) is 0. The number of fused-ring (bicyclic) bond motifs is 10. The summed E-state index contributed by atoms with van der Waals surface area (Å²) >= 11 is 0. The summed E-state index contributed by atoms with van der Waals surface area (Å²) in [5.41, 5.74) is 14.8. The maximum Gasteiger partial charge on any atom is 0.144 e. The quantitative estimate of drug-likeness (QED) is 0.168. The van der Waals surface area contributed by atoms with Crippen LogP contribution in [0.5, 0.6) is 0 Å². The molecule has 3 heterocycles. The Morgan fingerprint density at radius 1 is 0.274 bits per heavy atom. The van der Waals surface area contributed by atoms with Gasteiger partial charge in [0.1, 0.15) is 33.5 Å². The Labute approximate surface area is 356 Å².